The van der Waals surface area contributed by atoms with Crippen molar-refractivity contribution in [3.63, 3.8) is 0 Å². The van der Waals surface area contributed by atoms with Gasteiger partial charge in [0.15, 0.2) is 0 Å². The Morgan fingerprint density at radius 1 is 1.61 bits per heavy atom. The molecule has 18 heavy (non-hydrogen) atoms. The molecule has 0 spiro atoms. The van der Waals surface area contributed by atoms with Gasteiger partial charge in [-0.25, -0.2) is 0 Å². The number of hydrogen-bond acceptors (Lipinski definition) is 4. The molecule has 1 saturated heterocycles. The van der Waals surface area contributed by atoms with Crippen LogP contribution in [0.5, 0.6) is 5.75 Å². The van der Waals surface area contributed by atoms with Crippen LogP contribution in [-0.2, 0) is 0 Å². The predicted molar refractivity (Wildman–Crippen MR) is 73.2 cm³/mol. The van der Waals surface area contributed by atoms with Crippen molar-refractivity contribution in [1.29, 1.82) is 0 Å². The summed E-state index contributed by atoms with van der Waals surface area (Å²) in [5.74, 6) is 0.836. The van der Waals surface area contributed by atoms with Crippen molar-refractivity contribution in [2.45, 2.75) is 38.3 Å². The normalized spacial score (nSPS) is 21.7. The number of amides is 1. The summed E-state index contributed by atoms with van der Waals surface area (Å²) in [6.45, 7) is 2.79. The number of carbonyl (C=O) groups is 1. The van der Waals surface area contributed by atoms with E-state index in [-0.39, 0.29) is 18.0 Å². The molecule has 4 nitrogen and oxygen atoms in total. The predicted octanol–water partition coefficient (Wildman–Crippen LogP) is 2.10. The van der Waals surface area contributed by atoms with Crippen LogP contribution in [0, 0.1) is 0 Å². The second-order valence-electron chi connectivity index (χ2n) is 4.77. The molecule has 1 aromatic rings. The molecule has 2 heterocycles. The lowest BCUT2D eigenvalue weighted by molar-refractivity contribution is 0.0588. The number of ether oxygens (including phenoxy) is 1. The van der Waals surface area contributed by atoms with E-state index in [1.54, 1.807) is 13.2 Å². The Kier molecular flexibility index (Phi) is 4.24. The van der Waals surface area contributed by atoms with E-state index in [0.717, 1.165) is 36.4 Å². The first-order chi connectivity index (χ1) is 8.63. The zero-order valence-corrected chi connectivity index (χ0v) is 11.7. The van der Waals surface area contributed by atoms with E-state index in [2.05, 4.69) is 0 Å². The molecule has 0 bridgehead atoms. The maximum Gasteiger partial charge on any atom is 0.264 e. The number of carbonyl (C=O) groups excluding carboxylic acids is 1. The van der Waals surface area contributed by atoms with E-state index >= 15 is 0 Å². The minimum atomic E-state index is 0.0242. The molecule has 1 aliphatic heterocycles. The van der Waals surface area contributed by atoms with Crippen LogP contribution in [0.2, 0.25) is 0 Å². The van der Waals surface area contributed by atoms with Gasteiger partial charge < -0.3 is 15.4 Å². The summed E-state index contributed by atoms with van der Waals surface area (Å²) in [6.07, 6.45) is 3.23. The van der Waals surface area contributed by atoms with Crippen molar-refractivity contribution < 1.29 is 9.53 Å². The lowest BCUT2D eigenvalue weighted by Crippen LogP contribution is -2.51. The Morgan fingerprint density at radius 2 is 2.39 bits per heavy atom. The molecule has 2 N–H and O–H groups in total. The van der Waals surface area contributed by atoms with Crippen LogP contribution in [0.3, 0.4) is 0 Å². The van der Waals surface area contributed by atoms with Crippen molar-refractivity contribution in [1.82, 2.24) is 4.90 Å². The molecule has 1 aromatic heterocycles. The maximum atomic E-state index is 12.5. The fraction of sp³-hybridized carbons (Fsp3) is 0.615. The minimum absolute atomic E-state index is 0.0242. The average molecular weight is 268 g/mol. The zero-order chi connectivity index (χ0) is 13.1. The van der Waals surface area contributed by atoms with Crippen LogP contribution in [-0.4, -0.2) is 36.5 Å². The molecule has 0 aliphatic carbocycles. The first-order valence-corrected chi connectivity index (χ1v) is 7.20. The number of rotatable bonds is 3. The maximum absolute atomic E-state index is 12.5. The number of likely N-dealkylation sites (tertiary alicyclic amines) is 1. The molecule has 0 unspecified atom stereocenters. The third-order valence-electron chi connectivity index (χ3n) is 3.44. The molecule has 1 amide bonds. The fourth-order valence-corrected chi connectivity index (χ4v) is 3.25. The Bertz CT molecular complexity index is 417. The molecular formula is C13H20N2O2S. The van der Waals surface area contributed by atoms with E-state index in [1.807, 2.05) is 17.2 Å². The Morgan fingerprint density at radius 3 is 3.00 bits per heavy atom. The topological polar surface area (TPSA) is 55.6 Å². The first-order valence-electron chi connectivity index (χ1n) is 6.32. The molecular weight excluding hydrogens is 248 g/mol. The summed E-state index contributed by atoms with van der Waals surface area (Å²) >= 11 is 1.43. The summed E-state index contributed by atoms with van der Waals surface area (Å²) in [5, 5.41) is 1.86. The zero-order valence-electron chi connectivity index (χ0n) is 10.9. The monoisotopic (exact) mass is 268 g/mol. The second kappa shape index (κ2) is 5.71. The van der Waals surface area contributed by atoms with Gasteiger partial charge in [0.1, 0.15) is 5.75 Å². The highest BCUT2D eigenvalue weighted by Crippen LogP contribution is 2.26. The van der Waals surface area contributed by atoms with Gasteiger partial charge in [-0.1, -0.05) is 0 Å². The Balaban J connectivity index is 2.15. The van der Waals surface area contributed by atoms with Gasteiger partial charge in [0.25, 0.3) is 5.91 Å². The van der Waals surface area contributed by atoms with Crippen molar-refractivity contribution in [2.75, 3.05) is 13.7 Å². The fourth-order valence-electron chi connectivity index (χ4n) is 2.44. The lowest BCUT2D eigenvalue weighted by atomic mass is 9.97. The molecule has 100 valence electrons. The molecule has 1 fully saturated rings. The molecule has 5 heteroatoms. The van der Waals surface area contributed by atoms with Gasteiger partial charge in [0, 0.05) is 30.1 Å². The van der Waals surface area contributed by atoms with Gasteiger partial charge in [-0.2, -0.15) is 0 Å². The summed E-state index contributed by atoms with van der Waals surface area (Å²) in [4.78, 5) is 15.1. The Labute approximate surface area is 112 Å². The van der Waals surface area contributed by atoms with E-state index in [0.29, 0.717) is 0 Å². The standard InChI is InChI=1S/C13H20N2O2S/c1-9(14)11-5-3-4-6-15(11)13(16)12-7-10(17-2)8-18-12/h7-9,11H,3-6,14H2,1-2H3/t9-,11+/m0/s1. The molecule has 2 rings (SSSR count). The van der Waals surface area contributed by atoms with Gasteiger partial charge in [-0.15, -0.1) is 11.3 Å². The van der Waals surface area contributed by atoms with Gasteiger partial charge in [-0.3, -0.25) is 4.79 Å². The van der Waals surface area contributed by atoms with E-state index in [1.165, 1.54) is 11.3 Å². The molecule has 0 saturated carbocycles. The quantitative estimate of drug-likeness (QED) is 0.913. The third-order valence-corrected chi connectivity index (χ3v) is 4.34. The van der Waals surface area contributed by atoms with Crippen LogP contribution >= 0.6 is 11.3 Å². The highest BCUT2D eigenvalue weighted by atomic mass is 32.1. The second-order valence-corrected chi connectivity index (χ2v) is 5.68. The van der Waals surface area contributed by atoms with Gasteiger partial charge in [0.05, 0.1) is 12.0 Å². The molecule has 2 atom stereocenters. The highest BCUT2D eigenvalue weighted by Gasteiger charge is 2.30. The molecule has 0 radical (unpaired) electrons. The van der Waals surface area contributed by atoms with Crippen LogP contribution in [0.1, 0.15) is 35.9 Å². The van der Waals surface area contributed by atoms with Gasteiger partial charge in [-0.05, 0) is 26.2 Å². The number of hydrogen-bond donors (Lipinski definition) is 1. The number of thiophene rings is 1. The lowest BCUT2D eigenvalue weighted by Gasteiger charge is -2.37. The van der Waals surface area contributed by atoms with E-state index in [4.69, 9.17) is 10.5 Å². The van der Waals surface area contributed by atoms with Gasteiger partial charge in [0.2, 0.25) is 0 Å². The van der Waals surface area contributed by atoms with Crippen molar-refractivity contribution in [3.8, 4) is 5.75 Å². The van der Waals surface area contributed by atoms with Crippen molar-refractivity contribution >= 4 is 17.2 Å². The summed E-state index contributed by atoms with van der Waals surface area (Å²) in [7, 11) is 1.61. The summed E-state index contributed by atoms with van der Waals surface area (Å²) in [6, 6.07) is 2.00. The highest BCUT2D eigenvalue weighted by molar-refractivity contribution is 7.12. The number of methoxy groups -OCH3 is 1. The molecule has 1 aliphatic rings. The number of nitrogens with zero attached hydrogens (tertiary/aromatic N) is 1. The third kappa shape index (κ3) is 2.67. The largest absolute Gasteiger partial charge is 0.496 e. The summed E-state index contributed by atoms with van der Waals surface area (Å²) < 4.78 is 5.12. The summed E-state index contributed by atoms with van der Waals surface area (Å²) in [5.41, 5.74) is 5.99. The van der Waals surface area contributed by atoms with Crippen molar-refractivity contribution in [2.24, 2.45) is 5.73 Å². The van der Waals surface area contributed by atoms with Gasteiger partial charge >= 0.3 is 0 Å². The van der Waals surface area contributed by atoms with Crippen LogP contribution in [0.25, 0.3) is 0 Å². The van der Waals surface area contributed by atoms with Crippen LogP contribution < -0.4 is 10.5 Å². The first kappa shape index (κ1) is 13.4. The van der Waals surface area contributed by atoms with Crippen molar-refractivity contribution in [3.05, 3.63) is 16.3 Å². The van der Waals surface area contributed by atoms with E-state index in [9.17, 15) is 4.79 Å². The SMILES string of the molecule is COc1csc(C(=O)N2CCCC[C@@H]2[C@H](C)N)c1. The average Bonchev–Trinajstić information content (AvgIpc) is 2.86. The smallest absolute Gasteiger partial charge is 0.264 e. The Hall–Kier alpha value is -1.07. The number of piperidine rings is 1. The number of nitrogens with two attached hydrogens (primary N) is 1. The van der Waals surface area contributed by atoms with E-state index < -0.39 is 0 Å². The van der Waals surface area contributed by atoms with Crippen LogP contribution in [0.15, 0.2) is 11.4 Å². The van der Waals surface area contributed by atoms with Crippen LogP contribution in [0.4, 0.5) is 0 Å². The molecule has 0 aromatic carbocycles. The minimum Gasteiger partial charge on any atom is -0.496 e.